The zero-order chi connectivity index (χ0) is 27.5. The number of nitrogens with zero attached hydrogens (tertiary/aromatic N) is 2. The highest BCUT2D eigenvalue weighted by atomic mass is 19.4. The summed E-state index contributed by atoms with van der Waals surface area (Å²) < 4.78 is 65.6. The third kappa shape index (κ3) is 6.67. The van der Waals surface area contributed by atoms with Crippen LogP contribution in [0.3, 0.4) is 0 Å². The summed E-state index contributed by atoms with van der Waals surface area (Å²) in [6.07, 6.45) is -6.49. The van der Waals surface area contributed by atoms with Gasteiger partial charge in [-0.2, -0.15) is 13.2 Å². The van der Waals surface area contributed by atoms with Crippen LogP contribution in [0.15, 0.2) is 36.5 Å². The quantitative estimate of drug-likeness (QED) is 0.329. The molecule has 0 spiro atoms. The molecule has 0 aliphatic heterocycles. The molecule has 0 radical (unpaired) electrons. The molecule has 2 aromatic heterocycles. The number of amides is 2. The molecule has 8 nitrogen and oxygen atoms in total. The predicted octanol–water partition coefficient (Wildman–Crippen LogP) is 4.84. The maximum absolute atomic E-state index is 13.5. The van der Waals surface area contributed by atoms with Crippen LogP contribution in [0.4, 0.5) is 27.9 Å². The molecule has 0 aliphatic carbocycles. The van der Waals surface area contributed by atoms with E-state index >= 15 is 0 Å². The van der Waals surface area contributed by atoms with Gasteiger partial charge in [-0.25, -0.2) is 13.8 Å². The molecule has 0 aliphatic rings. The van der Waals surface area contributed by atoms with Crippen molar-refractivity contribution in [2.24, 2.45) is 5.41 Å². The minimum absolute atomic E-state index is 0.0552. The molecule has 3 aromatic rings. The van der Waals surface area contributed by atoms with Crippen LogP contribution in [-0.4, -0.2) is 31.9 Å². The Morgan fingerprint density at radius 1 is 1.11 bits per heavy atom. The maximum Gasteiger partial charge on any atom is 0.416 e. The lowest BCUT2D eigenvalue weighted by Crippen LogP contribution is -2.34. The Kier molecular flexibility index (Phi) is 7.96. The molecule has 0 atom stereocenters. The Labute approximate surface area is 208 Å². The van der Waals surface area contributed by atoms with Gasteiger partial charge >= 0.3 is 6.18 Å². The van der Waals surface area contributed by atoms with Gasteiger partial charge in [-0.1, -0.05) is 32.9 Å². The van der Waals surface area contributed by atoms with Gasteiger partial charge in [0, 0.05) is 23.7 Å². The summed E-state index contributed by atoms with van der Waals surface area (Å²) in [6.45, 7) is 4.44. The van der Waals surface area contributed by atoms with E-state index in [1.165, 1.54) is 6.07 Å². The molecule has 198 valence electrons. The molecule has 0 bridgehead atoms. The summed E-state index contributed by atoms with van der Waals surface area (Å²) in [6, 6.07) is 5.15. The average molecular weight is 525 g/mol. The van der Waals surface area contributed by atoms with E-state index in [4.69, 9.17) is 0 Å². The Hall–Kier alpha value is -3.87. The first-order chi connectivity index (χ1) is 17.2. The number of H-pyrrole nitrogens is 1. The monoisotopic (exact) mass is 525 g/mol. The lowest BCUT2D eigenvalue weighted by atomic mass is 9.95. The number of halogens is 5. The van der Waals surface area contributed by atoms with Gasteiger partial charge in [0.15, 0.2) is 0 Å². The summed E-state index contributed by atoms with van der Waals surface area (Å²) in [7, 11) is 0. The third-order valence-electron chi connectivity index (χ3n) is 5.22. The van der Waals surface area contributed by atoms with E-state index in [1.807, 2.05) is 0 Å². The molecule has 1 aromatic carbocycles. The summed E-state index contributed by atoms with van der Waals surface area (Å²) >= 11 is 0. The van der Waals surface area contributed by atoms with Gasteiger partial charge in [0.2, 0.25) is 11.9 Å². The summed E-state index contributed by atoms with van der Waals surface area (Å²) in [5.74, 6) is -1.51. The molecule has 0 fully saturated rings. The lowest BCUT2D eigenvalue weighted by Gasteiger charge is -2.18. The standard InChI is InChI=1S/C24H24F5N5O3/c1-23(2,3)21(37)31-10-12-8-15(18(19(25)26)30-9-12)20(36)34-22-32-16(11-35)17(33-22)13-4-6-14(7-5-13)24(27,28)29/h4-9,19,35H,10-11H2,1-3H3,(H,31,37)(H2,32,33,34,36). The van der Waals surface area contributed by atoms with Crippen LogP contribution in [0, 0.1) is 5.41 Å². The number of carbonyl (C=O) groups excluding carboxylic acids is 2. The van der Waals surface area contributed by atoms with Crippen molar-refractivity contribution in [3.63, 3.8) is 0 Å². The minimum atomic E-state index is -4.54. The highest BCUT2D eigenvalue weighted by Gasteiger charge is 2.30. The zero-order valence-corrected chi connectivity index (χ0v) is 20.0. The van der Waals surface area contributed by atoms with Crippen molar-refractivity contribution in [3.8, 4) is 11.3 Å². The number of aliphatic hydroxyl groups excluding tert-OH is 1. The maximum atomic E-state index is 13.5. The van der Waals surface area contributed by atoms with Gasteiger partial charge in [-0.15, -0.1) is 0 Å². The molecule has 0 saturated heterocycles. The first-order valence-electron chi connectivity index (χ1n) is 10.9. The van der Waals surface area contributed by atoms with Crippen molar-refractivity contribution in [1.29, 1.82) is 0 Å². The predicted molar refractivity (Wildman–Crippen MR) is 123 cm³/mol. The number of anilines is 1. The molecule has 2 amide bonds. The van der Waals surface area contributed by atoms with E-state index < -0.39 is 47.4 Å². The second-order valence-corrected chi connectivity index (χ2v) is 9.11. The SMILES string of the molecule is CC(C)(C)C(=O)NCc1cnc(C(F)F)c(C(=O)Nc2nc(-c3ccc(C(F)(F)F)cc3)c(CO)[nH]2)c1. The molecular formula is C24H24F5N5O3. The van der Waals surface area contributed by atoms with Crippen LogP contribution in [0.1, 0.15) is 60.1 Å². The number of aromatic nitrogens is 3. The lowest BCUT2D eigenvalue weighted by molar-refractivity contribution is -0.137. The highest BCUT2D eigenvalue weighted by Crippen LogP contribution is 2.32. The Morgan fingerprint density at radius 3 is 2.30 bits per heavy atom. The first-order valence-corrected chi connectivity index (χ1v) is 10.9. The second kappa shape index (κ2) is 10.6. The Morgan fingerprint density at radius 2 is 1.76 bits per heavy atom. The zero-order valence-electron chi connectivity index (χ0n) is 20.0. The van der Waals surface area contributed by atoms with E-state index in [9.17, 15) is 36.6 Å². The molecule has 2 heterocycles. The number of carbonyl (C=O) groups is 2. The number of rotatable bonds is 7. The van der Waals surface area contributed by atoms with Crippen molar-refractivity contribution < 1.29 is 36.6 Å². The smallest absolute Gasteiger partial charge is 0.390 e. The van der Waals surface area contributed by atoms with E-state index in [2.05, 4.69) is 25.6 Å². The van der Waals surface area contributed by atoms with Crippen LogP contribution in [0.2, 0.25) is 0 Å². The number of pyridine rings is 1. The van der Waals surface area contributed by atoms with Gasteiger partial charge in [0.1, 0.15) is 5.69 Å². The van der Waals surface area contributed by atoms with Gasteiger partial charge in [-0.3, -0.25) is 19.9 Å². The Balaban J connectivity index is 1.86. The largest absolute Gasteiger partial charge is 0.416 e. The van der Waals surface area contributed by atoms with Crippen molar-refractivity contribution in [2.45, 2.75) is 46.5 Å². The molecule has 4 N–H and O–H groups in total. The summed E-state index contributed by atoms with van der Waals surface area (Å²) in [5, 5.41) is 14.6. The van der Waals surface area contributed by atoms with Crippen molar-refractivity contribution >= 4 is 17.8 Å². The number of aliphatic hydroxyl groups is 1. The normalized spacial score (nSPS) is 12.1. The van der Waals surface area contributed by atoms with E-state index in [0.29, 0.717) is 5.56 Å². The number of nitrogens with one attached hydrogen (secondary N) is 3. The molecule has 13 heteroatoms. The number of imidazole rings is 1. The van der Waals surface area contributed by atoms with E-state index in [0.717, 1.165) is 30.5 Å². The van der Waals surface area contributed by atoms with Gasteiger partial charge in [0.05, 0.1) is 29.1 Å². The fourth-order valence-corrected chi connectivity index (χ4v) is 3.23. The van der Waals surface area contributed by atoms with Crippen LogP contribution < -0.4 is 10.6 Å². The average Bonchev–Trinajstić information content (AvgIpc) is 3.23. The van der Waals surface area contributed by atoms with Gasteiger partial charge < -0.3 is 15.4 Å². The molecule has 0 saturated carbocycles. The Bertz CT molecular complexity index is 1280. The van der Waals surface area contributed by atoms with Crippen LogP contribution in [-0.2, 0) is 24.1 Å². The molecule has 37 heavy (non-hydrogen) atoms. The summed E-state index contributed by atoms with van der Waals surface area (Å²) in [5.41, 5.74) is -2.15. The van der Waals surface area contributed by atoms with E-state index in [-0.39, 0.29) is 35.4 Å². The fraction of sp³-hybridized carbons (Fsp3) is 0.333. The van der Waals surface area contributed by atoms with Crippen molar-refractivity contribution in [3.05, 3.63) is 64.6 Å². The minimum Gasteiger partial charge on any atom is -0.390 e. The van der Waals surface area contributed by atoms with E-state index in [1.54, 1.807) is 20.8 Å². The number of alkyl halides is 5. The molecule has 0 unspecified atom stereocenters. The fourth-order valence-electron chi connectivity index (χ4n) is 3.23. The van der Waals surface area contributed by atoms with Crippen molar-refractivity contribution in [1.82, 2.24) is 20.3 Å². The first kappa shape index (κ1) is 27.7. The van der Waals surface area contributed by atoms with Crippen LogP contribution in [0.5, 0.6) is 0 Å². The van der Waals surface area contributed by atoms with Crippen LogP contribution >= 0.6 is 0 Å². The second-order valence-electron chi connectivity index (χ2n) is 9.11. The number of hydrogen-bond donors (Lipinski definition) is 4. The van der Waals surface area contributed by atoms with Gasteiger partial charge in [0.25, 0.3) is 12.3 Å². The molecule has 3 rings (SSSR count). The van der Waals surface area contributed by atoms with Crippen molar-refractivity contribution in [2.75, 3.05) is 5.32 Å². The number of benzene rings is 1. The number of hydrogen-bond acceptors (Lipinski definition) is 5. The topological polar surface area (TPSA) is 120 Å². The highest BCUT2D eigenvalue weighted by molar-refractivity contribution is 6.04. The number of aromatic amines is 1. The van der Waals surface area contributed by atoms with Crippen LogP contribution in [0.25, 0.3) is 11.3 Å². The third-order valence-corrected chi connectivity index (χ3v) is 5.22. The molecular weight excluding hydrogens is 501 g/mol. The summed E-state index contributed by atoms with van der Waals surface area (Å²) in [4.78, 5) is 35.4. The van der Waals surface area contributed by atoms with Gasteiger partial charge in [-0.05, 0) is 23.8 Å².